The third kappa shape index (κ3) is 4.05. The zero-order chi connectivity index (χ0) is 23.9. The van der Waals surface area contributed by atoms with E-state index in [1.165, 1.54) is 16.2 Å². The Morgan fingerprint density at radius 2 is 1.91 bits per heavy atom. The number of ether oxygens (including phenoxy) is 1. The number of halogens is 1. The van der Waals surface area contributed by atoms with Crippen LogP contribution < -0.4 is 9.64 Å². The van der Waals surface area contributed by atoms with Crippen molar-refractivity contribution in [2.75, 3.05) is 12.0 Å². The summed E-state index contributed by atoms with van der Waals surface area (Å²) in [4.78, 5) is 28.8. The molecule has 2 heterocycles. The van der Waals surface area contributed by atoms with Gasteiger partial charge in [-0.3, -0.25) is 14.5 Å². The van der Waals surface area contributed by atoms with Gasteiger partial charge in [0.1, 0.15) is 17.6 Å². The van der Waals surface area contributed by atoms with Crippen LogP contribution in [0.2, 0.25) is 5.02 Å². The number of aliphatic hydroxyl groups is 1. The second kappa shape index (κ2) is 9.04. The molecule has 5 nitrogen and oxygen atoms in total. The summed E-state index contributed by atoms with van der Waals surface area (Å²) < 4.78 is 5.45. The van der Waals surface area contributed by atoms with Crippen LogP contribution in [0.15, 0.2) is 59.5 Å². The van der Waals surface area contributed by atoms with Crippen molar-refractivity contribution in [1.82, 2.24) is 0 Å². The molecule has 1 atom stereocenters. The van der Waals surface area contributed by atoms with E-state index in [0.717, 1.165) is 16.0 Å². The Kier molecular flexibility index (Phi) is 6.32. The van der Waals surface area contributed by atoms with Gasteiger partial charge in [0.05, 0.1) is 12.7 Å². The van der Waals surface area contributed by atoms with Crippen molar-refractivity contribution in [2.24, 2.45) is 0 Å². The molecular formula is C26H24ClNO4S. The minimum absolute atomic E-state index is 0.0664. The van der Waals surface area contributed by atoms with Crippen LogP contribution in [0.1, 0.15) is 47.4 Å². The molecule has 0 bridgehead atoms. The zero-order valence-corrected chi connectivity index (χ0v) is 20.3. The van der Waals surface area contributed by atoms with Gasteiger partial charge in [-0.2, -0.15) is 0 Å². The van der Waals surface area contributed by atoms with Crippen LogP contribution in [-0.2, 0) is 9.59 Å². The molecule has 1 amide bonds. The Bertz CT molecular complexity index is 1260. The summed E-state index contributed by atoms with van der Waals surface area (Å²) in [6.45, 7) is 5.88. The van der Waals surface area contributed by atoms with Gasteiger partial charge in [0, 0.05) is 21.2 Å². The topological polar surface area (TPSA) is 66.8 Å². The molecule has 1 aromatic heterocycles. The summed E-state index contributed by atoms with van der Waals surface area (Å²) in [5.41, 5.74) is 2.77. The van der Waals surface area contributed by atoms with Crippen LogP contribution in [0.3, 0.4) is 0 Å². The van der Waals surface area contributed by atoms with Crippen LogP contribution in [0, 0.1) is 6.92 Å². The quantitative estimate of drug-likeness (QED) is 0.257. The lowest BCUT2D eigenvalue weighted by Gasteiger charge is -2.26. The van der Waals surface area contributed by atoms with Gasteiger partial charge in [0.2, 0.25) is 0 Å². The van der Waals surface area contributed by atoms with E-state index in [1.54, 1.807) is 37.4 Å². The summed E-state index contributed by atoms with van der Waals surface area (Å²) >= 11 is 7.55. The molecule has 4 rings (SSSR count). The molecule has 2 aromatic carbocycles. The molecule has 1 fully saturated rings. The van der Waals surface area contributed by atoms with Gasteiger partial charge in [0.15, 0.2) is 0 Å². The van der Waals surface area contributed by atoms with Crippen LogP contribution >= 0.6 is 22.9 Å². The number of anilines is 1. The number of rotatable bonds is 5. The van der Waals surface area contributed by atoms with Crippen LogP contribution in [0.4, 0.5) is 5.69 Å². The van der Waals surface area contributed by atoms with Gasteiger partial charge in [-0.25, -0.2) is 0 Å². The molecule has 1 unspecified atom stereocenters. The van der Waals surface area contributed by atoms with E-state index in [0.29, 0.717) is 22.0 Å². The number of hydrogen-bond donors (Lipinski definition) is 1. The molecule has 1 N–H and O–H groups in total. The monoisotopic (exact) mass is 481 g/mol. The predicted octanol–water partition coefficient (Wildman–Crippen LogP) is 6.47. The first kappa shape index (κ1) is 23.1. The Morgan fingerprint density at radius 1 is 1.15 bits per heavy atom. The number of nitrogens with zero attached hydrogens (tertiary/aromatic N) is 1. The normalized spacial score (nSPS) is 17.8. The van der Waals surface area contributed by atoms with Gasteiger partial charge >= 0.3 is 0 Å². The first-order valence-electron chi connectivity index (χ1n) is 10.5. The van der Waals surface area contributed by atoms with Crippen molar-refractivity contribution in [3.8, 4) is 5.75 Å². The fraction of sp³-hybridized carbons (Fsp3) is 0.231. The fourth-order valence-electron chi connectivity index (χ4n) is 4.17. The maximum Gasteiger partial charge on any atom is 0.300 e. The first-order valence-corrected chi connectivity index (χ1v) is 11.8. The number of hydrogen-bond acceptors (Lipinski definition) is 5. The van der Waals surface area contributed by atoms with Gasteiger partial charge in [0.25, 0.3) is 11.7 Å². The molecule has 1 saturated heterocycles. The molecular weight excluding hydrogens is 458 g/mol. The second-order valence-corrected chi connectivity index (χ2v) is 9.64. The smallest absolute Gasteiger partial charge is 0.300 e. The van der Waals surface area contributed by atoms with E-state index < -0.39 is 17.7 Å². The largest absolute Gasteiger partial charge is 0.507 e. The number of carbonyl (C=O) groups is 2. The molecule has 170 valence electrons. The molecule has 0 saturated carbocycles. The minimum Gasteiger partial charge on any atom is -0.507 e. The van der Waals surface area contributed by atoms with Gasteiger partial charge in [-0.15, -0.1) is 11.3 Å². The number of benzene rings is 2. The highest BCUT2D eigenvalue weighted by atomic mass is 35.5. The summed E-state index contributed by atoms with van der Waals surface area (Å²) in [5.74, 6) is -0.765. The zero-order valence-electron chi connectivity index (χ0n) is 18.8. The van der Waals surface area contributed by atoms with E-state index in [2.05, 4.69) is 0 Å². The van der Waals surface area contributed by atoms with E-state index in [1.807, 2.05) is 44.4 Å². The number of Topliss-reactive ketones (excluding diaryl/α,β-unsaturated/α-hetero) is 1. The number of methoxy groups -OCH3 is 1. The molecule has 1 aliphatic heterocycles. The van der Waals surface area contributed by atoms with Gasteiger partial charge in [-0.05, 0) is 71.8 Å². The highest BCUT2D eigenvalue weighted by Crippen LogP contribution is 2.45. The molecule has 0 radical (unpaired) electrons. The lowest BCUT2D eigenvalue weighted by Crippen LogP contribution is -2.29. The highest BCUT2D eigenvalue weighted by Gasteiger charge is 2.47. The molecule has 1 aliphatic rings. The van der Waals surface area contributed by atoms with Gasteiger partial charge in [-0.1, -0.05) is 31.5 Å². The molecule has 3 aromatic rings. The summed E-state index contributed by atoms with van der Waals surface area (Å²) in [6, 6.07) is 13.4. The van der Waals surface area contributed by atoms with Crippen LogP contribution in [0.25, 0.3) is 5.76 Å². The third-order valence-corrected chi connectivity index (χ3v) is 6.96. The van der Waals surface area contributed by atoms with E-state index in [-0.39, 0.29) is 17.3 Å². The van der Waals surface area contributed by atoms with Crippen molar-refractivity contribution in [3.63, 3.8) is 0 Å². The molecule has 7 heteroatoms. The lowest BCUT2D eigenvalue weighted by molar-refractivity contribution is -0.132. The van der Waals surface area contributed by atoms with E-state index >= 15 is 0 Å². The van der Waals surface area contributed by atoms with Crippen molar-refractivity contribution < 1.29 is 19.4 Å². The average molecular weight is 482 g/mol. The number of ketones is 1. The van der Waals surface area contributed by atoms with Gasteiger partial charge < -0.3 is 9.84 Å². The van der Waals surface area contributed by atoms with Crippen molar-refractivity contribution >= 4 is 46.1 Å². The maximum absolute atomic E-state index is 13.3. The van der Waals surface area contributed by atoms with E-state index in [9.17, 15) is 14.7 Å². The summed E-state index contributed by atoms with van der Waals surface area (Å²) in [6.07, 6.45) is 0. The minimum atomic E-state index is -0.741. The lowest BCUT2D eigenvalue weighted by atomic mass is 9.95. The number of amides is 1. The highest BCUT2D eigenvalue weighted by molar-refractivity contribution is 7.10. The summed E-state index contributed by atoms with van der Waals surface area (Å²) in [5, 5.41) is 13.8. The maximum atomic E-state index is 13.3. The van der Waals surface area contributed by atoms with Crippen molar-refractivity contribution in [2.45, 2.75) is 32.7 Å². The first-order chi connectivity index (χ1) is 15.7. The standard InChI is InChI=1S/C26H24ClNO4S/c1-14(2)18-13-16(7-10-20(18)32-4)24(29)22-23(21-6-5-11-33-21)28(26(31)25(22)30)19-9-8-17(27)12-15(19)3/h5-14,23,29H,1-4H3/b24-22-. The van der Waals surface area contributed by atoms with Crippen molar-refractivity contribution in [3.05, 3.63) is 86.1 Å². The SMILES string of the molecule is COc1ccc(/C(O)=C2/C(=O)C(=O)N(c3ccc(Cl)cc3C)C2c2cccs2)cc1C(C)C. The van der Waals surface area contributed by atoms with Crippen LogP contribution in [0.5, 0.6) is 5.75 Å². The van der Waals surface area contributed by atoms with E-state index in [4.69, 9.17) is 16.3 Å². The summed E-state index contributed by atoms with van der Waals surface area (Å²) in [7, 11) is 1.59. The third-order valence-electron chi connectivity index (χ3n) is 5.80. The molecule has 0 aliphatic carbocycles. The number of aryl methyl sites for hydroxylation is 1. The Labute approximate surface area is 201 Å². The molecule has 33 heavy (non-hydrogen) atoms. The Hall–Kier alpha value is -3.09. The number of carbonyl (C=O) groups excluding carboxylic acids is 2. The van der Waals surface area contributed by atoms with Crippen LogP contribution in [-0.4, -0.2) is 23.9 Å². The Balaban J connectivity index is 1.93. The number of aliphatic hydroxyl groups excluding tert-OH is 1. The average Bonchev–Trinajstić information content (AvgIpc) is 3.40. The fourth-order valence-corrected chi connectivity index (χ4v) is 5.22. The predicted molar refractivity (Wildman–Crippen MR) is 132 cm³/mol. The number of thiophene rings is 1. The molecule has 0 spiro atoms. The van der Waals surface area contributed by atoms with Crippen molar-refractivity contribution in [1.29, 1.82) is 0 Å². The Morgan fingerprint density at radius 3 is 2.52 bits per heavy atom. The second-order valence-electron chi connectivity index (χ2n) is 8.23.